The van der Waals surface area contributed by atoms with Crippen LogP contribution in [0.4, 0.5) is 10.6 Å². The van der Waals surface area contributed by atoms with Crippen molar-refractivity contribution in [3.8, 4) is 22.5 Å². The van der Waals surface area contributed by atoms with E-state index in [1.54, 1.807) is 6.20 Å². The maximum atomic E-state index is 12.4. The lowest BCUT2D eigenvalue weighted by molar-refractivity contribution is 0.243. The highest BCUT2D eigenvalue weighted by molar-refractivity contribution is 6.16. The molecule has 0 spiro atoms. The number of aromatic amines is 1. The van der Waals surface area contributed by atoms with Gasteiger partial charge in [0.05, 0.1) is 16.3 Å². The number of amides is 2. The lowest BCUT2D eigenvalue weighted by atomic mass is 9.98. The number of urea groups is 1. The zero-order valence-corrected chi connectivity index (χ0v) is 18.1. The van der Waals surface area contributed by atoms with E-state index < -0.39 is 0 Å². The first-order valence-corrected chi connectivity index (χ1v) is 10.4. The molecule has 7 heteroatoms. The topological polar surface area (TPSA) is 95.8 Å². The fourth-order valence-electron chi connectivity index (χ4n) is 3.78. The molecule has 160 valence electrons. The van der Waals surface area contributed by atoms with Gasteiger partial charge in [-0.3, -0.25) is 10.4 Å². The molecule has 0 aliphatic heterocycles. The van der Waals surface area contributed by atoms with E-state index in [4.69, 9.17) is 4.42 Å². The number of nitrogens with zero attached hydrogens (tertiary/aromatic N) is 2. The van der Waals surface area contributed by atoms with Crippen molar-refractivity contribution in [1.29, 1.82) is 0 Å². The number of anilines is 1. The van der Waals surface area contributed by atoms with Crippen LogP contribution < -0.4 is 10.6 Å². The summed E-state index contributed by atoms with van der Waals surface area (Å²) in [5, 5.41) is 14.7. The molecule has 0 bridgehead atoms. The first-order chi connectivity index (χ1) is 15.4. The normalized spacial score (nSPS) is 11.7. The fraction of sp³-hybridized carbons (Fsp3) is 0.160. The third-order valence-electron chi connectivity index (χ3n) is 5.07. The van der Waals surface area contributed by atoms with Crippen LogP contribution in [0, 0.1) is 0 Å². The van der Waals surface area contributed by atoms with Gasteiger partial charge in [0.2, 0.25) is 5.71 Å². The molecule has 0 unspecified atom stereocenters. The lowest BCUT2D eigenvalue weighted by Gasteiger charge is -2.20. The molecule has 0 saturated carbocycles. The predicted octanol–water partition coefficient (Wildman–Crippen LogP) is 5.96. The molecule has 0 radical (unpaired) electrons. The number of H-pyrrole nitrogens is 1. The first kappa shape index (κ1) is 19.8. The number of aromatic nitrogens is 3. The summed E-state index contributed by atoms with van der Waals surface area (Å²) < 4.78 is 6.25. The van der Waals surface area contributed by atoms with Crippen LogP contribution in [0.1, 0.15) is 20.8 Å². The molecule has 3 heterocycles. The molecule has 5 rings (SSSR count). The van der Waals surface area contributed by atoms with E-state index in [0.717, 1.165) is 33.4 Å². The predicted molar refractivity (Wildman–Crippen MR) is 126 cm³/mol. The molecule has 2 aromatic carbocycles. The fourth-order valence-corrected chi connectivity index (χ4v) is 3.78. The van der Waals surface area contributed by atoms with Gasteiger partial charge in [-0.05, 0) is 26.3 Å². The van der Waals surface area contributed by atoms with Crippen molar-refractivity contribution in [2.45, 2.75) is 26.3 Å². The van der Waals surface area contributed by atoms with Crippen molar-refractivity contribution < 1.29 is 9.21 Å². The first-order valence-electron chi connectivity index (χ1n) is 10.4. The summed E-state index contributed by atoms with van der Waals surface area (Å²) in [6.45, 7) is 5.76. The lowest BCUT2D eigenvalue weighted by Crippen LogP contribution is -2.43. The molecule has 3 aromatic heterocycles. The molecule has 0 aliphatic carbocycles. The zero-order chi connectivity index (χ0) is 22.3. The molecule has 0 fully saturated rings. The Labute approximate surface area is 184 Å². The zero-order valence-electron chi connectivity index (χ0n) is 18.1. The minimum absolute atomic E-state index is 0.327. The van der Waals surface area contributed by atoms with Crippen LogP contribution in [0.15, 0.2) is 71.3 Å². The Bertz CT molecular complexity index is 1410. The second-order valence-corrected chi connectivity index (χ2v) is 8.67. The monoisotopic (exact) mass is 425 g/mol. The van der Waals surface area contributed by atoms with Gasteiger partial charge in [-0.2, -0.15) is 5.10 Å². The van der Waals surface area contributed by atoms with Gasteiger partial charge in [0.25, 0.3) is 0 Å². The van der Waals surface area contributed by atoms with Crippen LogP contribution in [0.3, 0.4) is 0 Å². The Balaban J connectivity index is 1.71. The Kier molecular flexibility index (Phi) is 4.66. The maximum Gasteiger partial charge on any atom is 0.320 e. The molecular weight excluding hydrogens is 402 g/mol. The van der Waals surface area contributed by atoms with Crippen LogP contribution in [-0.2, 0) is 0 Å². The second kappa shape index (κ2) is 7.53. The smallest absolute Gasteiger partial charge is 0.320 e. The van der Waals surface area contributed by atoms with E-state index >= 15 is 0 Å². The second-order valence-electron chi connectivity index (χ2n) is 8.67. The van der Waals surface area contributed by atoms with E-state index in [9.17, 15) is 4.79 Å². The summed E-state index contributed by atoms with van der Waals surface area (Å²) in [4.78, 5) is 17.0. The molecule has 3 N–H and O–H groups in total. The van der Waals surface area contributed by atoms with Gasteiger partial charge in [0.15, 0.2) is 5.82 Å². The largest absolute Gasteiger partial charge is 0.437 e. The van der Waals surface area contributed by atoms with Crippen LogP contribution in [0.5, 0.6) is 0 Å². The number of hydrogen-bond acceptors (Lipinski definition) is 4. The van der Waals surface area contributed by atoms with Crippen molar-refractivity contribution in [3.05, 3.63) is 66.9 Å². The molecular formula is C25H23N5O2. The van der Waals surface area contributed by atoms with E-state index in [0.29, 0.717) is 16.9 Å². The number of carbonyl (C=O) groups is 1. The summed E-state index contributed by atoms with van der Waals surface area (Å²) in [6.07, 6.45) is 1.67. The number of benzene rings is 2. The molecule has 2 amide bonds. The number of hydrogen-bond donors (Lipinski definition) is 3. The van der Waals surface area contributed by atoms with Gasteiger partial charge >= 0.3 is 6.03 Å². The highest BCUT2D eigenvalue weighted by Gasteiger charge is 2.23. The van der Waals surface area contributed by atoms with Gasteiger partial charge in [0, 0.05) is 22.9 Å². The van der Waals surface area contributed by atoms with Gasteiger partial charge in [-0.15, -0.1) is 0 Å². The number of nitrogens with one attached hydrogen (secondary N) is 3. The van der Waals surface area contributed by atoms with Crippen molar-refractivity contribution in [2.75, 3.05) is 5.32 Å². The number of rotatable bonds is 3. The summed E-state index contributed by atoms with van der Waals surface area (Å²) >= 11 is 0. The van der Waals surface area contributed by atoms with Crippen molar-refractivity contribution in [3.63, 3.8) is 0 Å². The van der Waals surface area contributed by atoms with Gasteiger partial charge in [0.1, 0.15) is 5.76 Å². The van der Waals surface area contributed by atoms with Gasteiger partial charge in [-0.25, -0.2) is 9.78 Å². The Hall–Kier alpha value is -4.13. The van der Waals surface area contributed by atoms with Gasteiger partial charge in [-0.1, -0.05) is 60.7 Å². The molecule has 5 aromatic rings. The number of furan rings is 1. The Morgan fingerprint density at radius 1 is 0.969 bits per heavy atom. The molecule has 7 nitrogen and oxygen atoms in total. The standard InChI is InChI=1S/C25H23N5O2/c1-25(2,3)28-24(31)27-22-17-14-26-23-19(20(17)29-30-22)18(15-10-6-4-7-11-15)21(32-23)16-12-8-5-9-13-16/h4-14H,1-3H3,(H3,27,28,29,30,31). The molecule has 32 heavy (non-hydrogen) atoms. The maximum absolute atomic E-state index is 12.4. The van der Waals surface area contributed by atoms with E-state index in [-0.39, 0.29) is 11.6 Å². The molecule has 0 aliphatic rings. The number of pyridine rings is 1. The number of carbonyl (C=O) groups excluding carboxylic acids is 1. The highest BCUT2D eigenvalue weighted by atomic mass is 16.3. The summed E-state index contributed by atoms with van der Waals surface area (Å²) in [7, 11) is 0. The van der Waals surface area contributed by atoms with Crippen LogP contribution in [0.25, 0.3) is 44.5 Å². The van der Waals surface area contributed by atoms with E-state index in [2.05, 4.69) is 25.8 Å². The van der Waals surface area contributed by atoms with Crippen LogP contribution >= 0.6 is 0 Å². The third-order valence-corrected chi connectivity index (χ3v) is 5.07. The SMILES string of the molecule is CC(C)(C)NC(=O)Nc1n[nH]c2c1cnc1oc(-c3ccccc3)c(-c3ccccc3)c12. The summed E-state index contributed by atoms with van der Waals surface area (Å²) in [6, 6.07) is 19.7. The van der Waals surface area contributed by atoms with E-state index in [1.165, 1.54) is 0 Å². The molecule has 0 saturated heterocycles. The van der Waals surface area contributed by atoms with Crippen LogP contribution in [-0.4, -0.2) is 26.8 Å². The Morgan fingerprint density at radius 3 is 2.28 bits per heavy atom. The minimum Gasteiger partial charge on any atom is -0.437 e. The van der Waals surface area contributed by atoms with Crippen molar-refractivity contribution >= 4 is 33.9 Å². The van der Waals surface area contributed by atoms with Crippen molar-refractivity contribution in [1.82, 2.24) is 20.5 Å². The van der Waals surface area contributed by atoms with Crippen molar-refractivity contribution in [2.24, 2.45) is 0 Å². The van der Waals surface area contributed by atoms with E-state index in [1.807, 2.05) is 81.4 Å². The Morgan fingerprint density at radius 2 is 1.62 bits per heavy atom. The minimum atomic E-state index is -0.364. The number of fused-ring (bicyclic) bond motifs is 3. The average molecular weight is 425 g/mol. The molecule has 0 atom stereocenters. The summed E-state index contributed by atoms with van der Waals surface area (Å²) in [5.41, 5.74) is 3.79. The third kappa shape index (κ3) is 3.58. The van der Waals surface area contributed by atoms with Gasteiger partial charge < -0.3 is 9.73 Å². The highest BCUT2D eigenvalue weighted by Crippen LogP contribution is 2.43. The average Bonchev–Trinajstić information content (AvgIpc) is 3.35. The van der Waals surface area contributed by atoms with Crippen LogP contribution in [0.2, 0.25) is 0 Å². The summed E-state index contributed by atoms with van der Waals surface area (Å²) in [5.74, 6) is 1.15. The quantitative estimate of drug-likeness (QED) is 0.332.